The number of aromatic nitrogens is 2. The van der Waals surface area contributed by atoms with E-state index in [-0.39, 0.29) is 0 Å². The fourth-order valence-electron chi connectivity index (χ4n) is 2.44. The maximum atomic E-state index is 4.22. The number of benzene rings is 1. The van der Waals surface area contributed by atoms with Crippen LogP contribution in [-0.2, 0) is 0 Å². The zero-order valence-corrected chi connectivity index (χ0v) is 10.6. The van der Waals surface area contributed by atoms with Gasteiger partial charge in [-0.05, 0) is 13.0 Å². The SMILES string of the molecule is Cc1cccc(-c2[nH]ncc2N2CCNCC2)c1. The number of aryl methyl sites for hydroxylation is 1. The molecule has 1 aliphatic heterocycles. The van der Waals surface area contributed by atoms with Gasteiger partial charge in [0.25, 0.3) is 0 Å². The highest BCUT2D eigenvalue weighted by atomic mass is 15.2. The van der Waals surface area contributed by atoms with Crippen molar-refractivity contribution < 1.29 is 0 Å². The minimum Gasteiger partial charge on any atom is -0.366 e. The number of aromatic amines is 1. The summed E-state index contributed by atoms with van der Waals surface area (Å²) in [7, 11) is 0. The first-order valence-corrected chi connectivity index (χ1v) is 6.41. The van der Waals surface area contributed by atoms with Gasteiger partial charge >= 0.3 is 0 Å². The number of rotatable bonds is 2. The van der Waals surface area contributed by atoms with Crippen LogP contribution in [0.15, 0.2) is 30.5 Å². The van der Waals surface area contributed by atoms with E-state index in [1.807, 2.05) is 6.20 Å². The van der Waals surface area contributed by atoms with Gasteiger partial charge < -0.3 is 10.2 Å². The van der Waals surface area contributed by atoms with Gasteiger partial charge in [0.2, 0.25) is 0 Å². The van der Waals surface area contributed by atoms with Crippen molar-refractivity contribution in [2.24, 2.45) is 0 Å². The Morgan fingerprint density at radius 2 is 2.06 bits per heavy atom. The second-order valence-corrected chi connectivity index (χ2v) is 4.74. The third kappa shape index (κ3) is 2.11. The molecule has 4 heteroatoms. The van der Waals surface area contributed by atoms with Crippen molar-refractivity contribution in [1.29, 1.82) is 0 Å². The van der Waals surface area contributed by atoms with Crippen LogP contribution in [0.3, 0.4) is 0 Å². The zero-order valence-electron chi connectivity index (χ0n) is 10.6. The quantitative estimate of drug-likeness (QED) is 0.844. The maximum absolute atomic E-state index is 4.22. The van der Waals surface area contributed by atoms with Crippen LogP contribution >= 0.6 is 0 Å². The van der Waals surface area contributed by atoms with Crippen molar-refractivity contribution in [2.45, 2.75) is 6.92 Å². The fourth-order valence-corrected chi connectivity index (χ4v) is 2.44. The Labute approximate surface area is 107 Å². The first-order chi connectivity index (χ1) is 8.84. The molecule has 0 atom stereocenters. The van der Waals surface area contributed by atoms with Crippen molar-refractivity contribution in [2.75, 3.05) is 31.1 Å². The van der Waals surface area contributed by atoms with E-state index < -0.39 is 0 Å². The Balaban J connectivity index is 1.95. The second-order valence-electron chi connectivity index (χ2n) is 4.74. The molecule has 2 N–H and O–H groups in total. The van der Waals surface area contributed by atoms with Gasteiger partial charge in [0.1, 0.15) is 0 Å². The molecule has 0 amide bonds. The Kier molecular flexibility index (Phi) is 3.02. The van der Waals surface area contributed by atoms with Crippen molar-refractivity contribution in [3.05, 3.63) is 36.0 Å². The predicted molar refractivity (Wildman–Crippen MR) is 73.8 cm³/mol. The predicted octanol–water partition coefficient (Wildman–Crippen LogP) is 1.79. The molecule has 4 nitrogen and oxygen atoms in total. The molecule has 0 aliphatic carbocycles. The molecule has 1 saturated heterocycles. The molecule has 18 heavy (non-hydrogen) atoms. The van der Waals surface area contributed by atoms with Gasteiger partial charge in [-0.15, -0.1) is 0 Å². The molecule has 0 bridgehead atoms. The van der Waals surface area contributed by atoms with Crippen LogP contribution < -0.4 is 10.2 Å². The lowest BCUT2D eigenvalue weighted by Gasteiger charge is -2.29. The first-order valence-electron chi connectivity index (χ1n) is 6.41. The van der Waals surface area contributed by atoms with E-state index in [0.717, 1.165) is 31.9 Å². The van der Waals surface area contributed by atoms with E-state index in [9.17, 15) is 0 Å². The van der Waals surface area contributed by atoms with E-state index in [1.54, 1.807) is 0 Å². The van der Waals surface area contributed by atoms with E-state index >= 15 is 0 Å². The fraction of sp³-hybridized carbons (Fsp3) is 0.357. The lowest BCUT2D eigenvalue weighted by molar-refractivity contribution is 0.589. The van der Waals surface area contributed by atoms with Crippen LogP contribution in [0.5, 0.6) is 0 Å². The smallest absolute Gasteiger partial charge is 0.0884 e. The van der Waals surface area contributed by atoms with E-state index in [1.165, 1.54) is 16.8 Å². The topological polar surface area (TPSA) is 44.0 Å². The van der Waals surface area contributed by atoms with E-state index in [2.05, 4.69) is 51.6 Å². The van der Waals surface area contributed by atoms with Crippen LogP contribution in [0.25, 0.3) is 11.3 Å². The number of hydrogen-bond acceptors (Lipinski definition) is 3. The maximum Gasteiger partial charge on any atom is 0.0884 e. The van der Waals surface area contributed by atoms with E-state index in [0.29, 0.717) is 0 Å². The average molecular weight is 242 g/mol. The molecule has 3 rings (SSSR count). The van der Waals surface area contributed by atoms with Crippen LogP contribution in [0.1, 0.15) is 5.56 Å². The summed E-state index contributed by atoms with van der Waals surface area (Å²) in [6.07, 6.45) is 1.93. The summed E-state index contributed by atoms with van der Waals surface area (Å²) in [4.78, 5) is 2.39. The third-order valence-corrected chi connectivity index (χ3v) is 3.38. The molecule has 2 heterocycles. The summed E-state index contributed by atoms with van der Waals surface area (Å²) in [5.41, 5.74) is 4.82. The molecule has 94 valence electrons. The Morgan fingerprint density at radius 3 is 2.83 bits per heavy atom. The highest BCUT2D eigenvalue weighted by Crippen LogP contribution is 2.29. The molecule has 1 aliphatic rings. The van der Waals surface area contributed by atoms with E-state index in [4.69, 9.17) is 0 Å². The summed E-state index contributed by atoms with van der Waals surface area (Å²) < 4.78 is 0. The minimum atomic E-state index is 1.04. The Bertz CT molecular complexity index is 526. The first kappa shape index (κ1) is 11.3. The van der Waals surface area contributed by atoms with Gasteiger partial charge in [0.05, 0.1) is 17.6 Å². The molecule has 0 spiro atoms. The number of anilines is 1. The molecule has 1 aromatic carbocycles. The molecule has 1 aromatic heterocycles. The molecule has 0 radical (unpaired) electrons. The standard InChI is InChI=1S/C14H18N4/c1-11-3-2-4-12(9-11)14-13(10-16-17-14)18-7-5-15-6-8-18/h2-4,9-10,15H,5-8H2,1H3,(H,16,17). The number of H-pyrrole nitrogens is 1. The molecule has 2 aromatic rings. The second kappa shape index (κ2) is 4.82. The highest BCUT2D eigenvalue weighted by molar-refractivity contribution is 5.75. The van der Waals surface area contributed by atoms with Crippen LogP contribution in [0.4, 0.5) is 5.69 Å². The van der Waals surface area contributed by atoms with Crippen molar-refractivity contribution in [1.82, 2.24) is 15.5 Å². The highest BCUT2D eigenvalue weighted by Gasteiger charge is 2.16. The third-order valence-electron chi connectivity index (χ3n) is 3.38. The van der Waals surface area contributed by atoms with Gasteiger partial charge in [-0.3, -0.25) is 5.10 Å². The molecular formula is C14H18N4. The number of hydrogen-bond donors (Lipinski definition) is 2. The summed E-state index contributed by atoms with van der Waals surface area (Å²) >= 11 is 0. The van der Waals surface area contributed by atoms with Crippen molar-refractivity contribution in [3.63, 3.8) is 0 Å². The monoisotopic (exact) mass is 242 g/mol. The molecular weight excluding hydrogens is 224 g/mol. The summed E-state index contributed by atoms with van der Waals surface area (Å²) in [5.74, 6) is 0. The zero-order chi connectivity index (χ0) is 12.4. The number of nitrogens with zero attached hydrogens (tertiary/aromatic N) is 2. The molecule has 0 saturated carbocycles. The summed E-state index contributed by atoms with van der Waals surface area (Å²) in [5, 5.41) is 10.7. The van der Waals surface area contributed by atoms with Crippen molar-refractivity contribution in [3.8, 4) is 11.3 Å². The Morgan fingerprint density at radius 1 is 1.22 bits per heavy atom. The van der Waals surface area contributed by atoms with Crippen LogP contribution in [0, 0.1) is 6.92 Å². The number of nitrogens with one attached hydrogen (secondary N) is 2. The van der Waals surface area contributed by atoms with Crippen molar-refractivity contribution >= 4 is 5.69 Å². The number of piperazine rings is 1. The normalized spacial score (nSPS) is 15.9. The molecule has 1 fully saturated rings. The van der Waals surface area contributed by atoms with Crippen LogP contribution in [-0.4, -0.2) is 36.4 Å². The lowest BCUT2D eigenvalue weighted by atomic mass is 10.1. The van der Waals surface area contributed by atoms with Gasteiger partial charge in [-0.2, -0.15) is 5.10 Å². The largest absolute Gasteiger partial charge is 0.366 e. The Hall–Kier alpha value is -1.81. The van der Waals surface area contributed by atoms with Crippen LogP contribution in [0.2, 0.25) is 0 Å². The average Bonchev–Trinajstić information content (AvgIpc) is 2.89. The molecule has 0 unspecified atom stereocenters. The lowest BCUT2D eigenvalue weighted by Crippen LogP contribution is -2.43. The van der Waals surface area contributed by atoms with Gasteiger partial charge in [-0.1, -0.05) is 23.8 Å². The summed E-state index contributed by atoms with van der Waals surface area (Å²) in [6, 6.07) is 8.53. The summed E-state index contributed by atoms with van der Waals surface area (Å²) in [6.45, 7) is 6.28. The van der Waals surface area contributed by atoms with Gasteiger partial charge in [-0.25, -0.2) is 0 Å². The van der Waals surface area contributed by atoms with Gasteiger partial charge in [0.15, 0.2) is 0 Å². The van der Waals surface area contributed by atoms with Gasteiger partial charge in [0, 0.05) is 31.7 Å². The minimum absolute atomic E-state index is 1.04.